The summed E-state index contributed by atoms with van der Waals surface area (Å²) in [4.78, 5) is 10.5. The minimum absolute atomic E-state index is 0.0560. The van der Waals surface area contributed by atoms with Gasteiger partial charge in [-0.15, -0.1) is 0 Å². The highest BCUT2D eigenvalue weighted by atomic mass is 16.7. The molecule has 1 aromatic carbocycles. The van der Waals surface area contributed by atoms with Crippen LogP contribution < -0.4 is 25.3 Å². The molecular formula is C13H18N2O5. The number of carbonyl (C=O) groups is 1. The van der Waals surface area contributed by atoms with Gasteiger partial charge in [0, 0.05) is 13.1 Å². The summed E-state index contributed by atoms with van der Waals surface area (Å²) in [5.74, 6) is 1.51. The maximum atomic E-state index is 10.5. The van der Waals surface area contributed by atoms with E-state index in [1.165, 1.54) is 0 Å². The van der Waals surface area contributed by atoms with E-state index in [0.29, 0.717) is 36.9 Å². The summed E-state index contributed by atoms with van der Waals surface area (Å²) in [5, 5.41) is 3.19. The Morgan fingerprint density at radius 1 is 1.45 bits per heavy atom. The van der Waals surface area contributed by atoms with Crippen LogP contribution in [0.2, 0.25) is 0 Å². The van der Waals surface area contributed by atoms with Gasteiger partial charge >= 0.3 is 0 Å². The van der Waals surface area contributed by atoms with Gasteiger partial charge in [0.1, 0.15) is 6.61 Å². The number of fused-ring (bicyclic) bond motifs is 1. The first-order valence-corrected chi connectivity index (χ1v) is 6.24. The topological polar surface area (TPSA) is 92.0 Å². The van der Waals surface area contributed by atoms with Crippen LogP contribution >= 0.6 is 0 Å². The minimum Gasteiger partial charge on any atom is -0.493 e. The summed E-state index contributed by atoms with van der Waals surface area (Å²) in [6, 6.07) is 3.80. The second kappa shape index (κ2) is 6.97. The summed E-state index contributed by atoms with van der Waals surface area (Å²) in [5.41, 5.74) is 5.97. The zero-order chi connectivity index (χ0) is 14.4. The van der Waals surface area contributed by atoms with E-state index in [1.54, 1.807) is 7.11 Å². The van der Waals surface area contributed by atoms with Gasteiger partial charge < -0.3 is 30.0 Å². The molecule has 0 radical (unpaired) electrons. The van der Waals surface area contributed by atoms with Crippen LogP contribution in [0.4, 0.5) is 0 Å². The number of amides is 1. The van der Waals surface area contributed by atoms with Crippen LogP contribution in [0.3, 0.4) is 0 Å². The lowest BCUT2D eigenvalue weighted by atomic mass is 10.2. The highest BCUT2D eigenvalue weighted by Gasteiger charge is 2.19. The number of methoxy groups -OCH3 is 1. The third-order valence-corrected chi connectivity index (χ3v) is 2.71. The Kier molecular flexibility index (Phi) is 5.03. The average Bonchev–Trinajstić information content (AvgIpc) is 2.89. The number of rotatable bonds is 8. The third-order valence-electron chi connectivity index (χ3n) is 2.71. The quantitative estimate of drug-likeness (QED) is 0.653. The van der Waals surface area contributed by atoms with Gasteiger partial charge in [0.2, 0.25) is 18.4 Å². The lowest BCUT2D eigenvalue weighted by molar-refractivity contribution is -0.122. The fourth-order valence-corrected chi connectivity index (χ4v) is 1.84. The predicted molar refractivity (Wildman–Crippen MR) is 70.8 cm³/mol. The zero-order valence-electron chi connectivity index (χ0n) is 11.3. The van der Waals surface area contributed by atoms with Crippen molar-refractivity contribution in [2.45, 2.75) is 6.54 Å². The number of hydrogen-bond acceptors (Lipinski definition) is 6. The van der Waals surface area contributed by atoms with Crippen molar-refractivity contribution in [1.82, 2.24) is 5.32 Å². The van der Waals surface area contributed by atoms with Crippen LogP contribution in [0.5, 0.6) is 17.2 Å². The molecule has 0 saturated carbocycles. The molecule has 1 heterocycles. The van der Waals surface area contributed by atoms with Gasteiger partial charge in [0.25, 0.3) is 0 Å². The van der Waals surface area contributed by atoms with Gasteiger partial charge in [-0.2, -0.15) is 0 Å². The number of nitrogens with one attached hydrogen (secondary N) is 1. The first kappa shape index (κ1) is 14.4. The first-order valence-electron chi connectivity index (χ1n) is 6.24. The van der Waals surface area contributed by atoms with E-state index in [2.05, 4.69) is 5.32 Å². The second-order valence-corrected chi connectivity index (χ2v) is 4.23. The summed E-state index contributed by atoms with van der Waals surface area (Å²) in [6.07, 6.45) is 0. The van der Waals surface area contributed by atoms with E-state index in [-0.39, 0.29) is 13.4 Å². The standard InChI is InChI=1S/C13H18N2O5/c1-17-10-4-9(5-11-13(10)20-8-19-11)6-15-2-3-18-7-12(14)16/h4-5,15H,2-3,6-8H2,1H3,(H2,14,16). The predicted octanol–water partition coefficient (Wildman–Crippen LogP) is 0.0154. The van der Waals surface area contributed by atoms with Crippen molar-refractivity contribution < 1.29 is 23.7 Å². The van der Waals surface area contributed by atoms with Crippen molar-refractivity contribution in [3.63, 3.8) is 0 Å². The lowest BCUT2D eigenvalue weighted by Gasteiger charge is -2.09. The van der Waals surface area contributed by atoms with Crippen LogP contribution in [0.1, 0.15) is 5.56 Å². The smallest absolute Gasteiger partial charge is 0.243 e. The first-order chi connectivity index (χ1) is 9.70. The normalized spacial score (nSPS) is 12.4. The molecule has 0 unspecified atom stereocenters. The Morgan fingerprint density at radius 3 is 3.05 bits per heavy atom. The number of nitrogens with two attached hydrogens (primary N) is 1. The number of primary amides is 1. The van der Waals surface area contributed by atoms with Crippen LogP contribution in [0, 0.1) is 0 Å². The summed E-state index contributed by atoms with van der Waals surface area (Å²) in [7, 11) is 1.59. The van der Waals surface area contributed by atoms with Gasteiger partial charge in [-0.1, -0.05) is 0 Å². The fraction of sp³-hybridized carbons (Fsp3) is 0.462. The van der Waals surface area contributed by atoms with Gasteiger partial charge in [-0.25, -0.2) is 0 Å². The highest BCUT2D eigenvalue weighted by molar-refractivity contribution is 5.74. The largest absolute Gasteiger partial charge is 0.493 e. The van der Waals surface area contributed by atoms with Crippen molar-refractivity contribution in [1.29, 1.82) is 0 Å². The molecule has 7 heteroatoms. The second-order valence-electron chi connectivity index (χ2n) is 4.23. The van der Waals surface area contributed by atoms with Crippen LogP contribution in [-0.4, -0.2) is 39.6 Å². The molecule has 1 aliphatic heterocycles. The van der Waals surface area contributed by atoms with E-state index in [9.17, 15) is 4.79 Å². The number of benzene rings is 1. The monoisotopic (exact) mass is 282 g/mol. The Morgan fingerprint density at radius 2 is 2.30 bits per heavy atom. The van der Waals surface area contributed by atoms with E-state index < -0.39 is 5.91 Å². The SMILES string of the molecule is COc1cc(CNCCOCC(N)=O)cc2c1OCO2. The number of hydrogen-bond donors (Lipinski definition) is 2. The van der Waals surface area contributed by atoms with Gasteiger partial charge in [-0.3, -0.25) is 4.79 Å². The molecule has 0 saturated heterocycles. The molecule has 0 bridgehead atoms. The van der Waals surface area contributed by atoms with Crippen molar-refractivity contribution in [2.75, 3.05) is 33.7 Å². The summed E-state index contributed by atoms with van der Waals surface area (Å²) < 4.78 is 21.0. The van der Waals surface area contributed by atoms with Gasteiger partial charge in [-0.05, 0) is 17.7 Å². The Labute approximate surface area is 116 Å². The van der Waals surface area contributed by atoms with Crippen LogP contribution in [0.25, 0.3) is 0 Å². The zero-order valence-corrected chi connectivity index (χ0v) is 11.3. The highest BCUT2D eigenvalue weighted by Crippen LogP contribution is 2.41. The molecule has 20 heavy (non-hydrogen) atoms. The Hall–Kier alpha value is -1.99. The molecule has 1 aromatic rings. The molecule has 3 N–H and O–H groups in total. The van der Waals surface area contributed by atoms with E-state index in [4.69, 9.17) is 24.7 Å². The van der Waals surface area contributed by atoms with Crippen molar-refractivity contribution in [3.05, 3.63) is 17.7 Å². The molecule has 0 fully saturated rings. The van der Waals surface area contributed by atoms with Crippen molar-refractivity contribution in [3.8, 4) is 17.2 Å². The van der Waals surface area contributed by atoms with Crippen LogP contribution in [-0.2, 0) is 16.1 Å². The summed E-state index contributed by atoms with van der Waals surface area (Å²) in [6.45, 7) is 1.82. The molecule has 1 aliphatic rings. The summed E-state index contributed by atoms with van der Waals surface area (Å²) >= 11 is 0. The molecule has 0 aliphatic carbocycles. The molecular weight excluding hydrogens is 264 g/mol. The molecule has 0 aromatic heterocycles. The Balaban J connectivity index is 1.80. The lowest BCUT2D eigenvalue weighted by Crippen LogP contribution is -2.23. The molecule has 7 nitrogen and oxygen atoms in total. The van der Waals surface area contributed by atoms with Gasteiger partial charge in [0.15, 0.2) is 11.5 Å². The van der Waals surface area contributed by atoms with E-state index in [0.717, 1.165) is 5.56 Å². The van der Waals surface area contributed by atoms with E-state index >= 15 is 0 Å². The minimum atomic E-state index is -0.467. The van der Waals surface area contributed by atoms with Crippen molar-refractivity contribution in [2.24, 2.45) is 5.73 Å². The molecule has 110 valence electrons. The Bertz CT molecular complexity index is 478. The number of ether oxygens (including phenoxy) is 4. The van der Waals surface area contributed by atoms with E-state index in [1.807, 2.05) is 12.1 Å². The maximum absolute atomic E-state index is 10.5. The fourth-order valence-electron chi connectivity index (χ4n) is 1.84. The van der Waals surface area contributed by atoms with Crippen LogP contribution in [0.15, 0.2) is 12.1 Å². The number of carbonyl (C=O) groups excluding carboxylic acids is 1. The van der Waals surface area contributed by atoms with Gasteiger partial charge in [0.05, 0.1) is 13.7 Å². The third kappa shape index (κ3) is 3.75. The molecule has 1 amide bonds. The molecule has 2 rings (SSSR count). The average molecular weight is 282 g/mol. The molecule has 0 spiro atoms. The maximum Gasteiger partial charge on any atom is 0.243 e. The van der Waals surface area contributed by atoms with Crippen molar-refractivity contribution >= 4 is 5.91 Å². The molecule has 0 atom stereocenters.